The highest BCUT2D eigenvalue weighted by atomic mass is 79.9. The van der Waals surface area contributed by atoms with E-state index < -0.39 is 0 Å². The zero-order valence-electron chi connectivity index (χ0n) is 6.94. The molecule has 0 saturated heterocycles. The monoisotopic (exact) mass is 204 g/mol. The van der Waals surface area contributed by atoms with Crippen LogP contribution in [-0.2, 0) is 0 Å². The van der Waals surface area contributed by atoms with Gasteiger partial charge in [-0.25, -0.2) is 0 Å². The van der Waals surface area contributed by atoms with Crippen LogP contribution in [0.1, 0.15) is 26.7 Å². The summed E-state index contributed by atoms with van der Waals surface area (Å²) >= 11 is 3.13. The van der Waals surface area contributed by atoms with Gasteiger partial charge >= 0.3 is 0 Å². The Labute approximate surface area is 73.2 Å². The van der Waals surface area contributed by atoms with Crippen molar-refractivity contribution >= 4 is 15.9 Å². The fraction of sp³-hybridized carbons (Fsp3) is 0.556. The lowest BCUT2D eigenvalue weighted by molar-refractivity contribution is 1.16. The number of rotatable bonds is 3. The van der Waals surface area contributed by atoms with Crippen LogP contribution < -0.4 is 0 Å². The Hall–Kier alpha value is -0.0400. The molecule has 0 radical (unpaired) electrons. The van der Waals surface area contributed by atoms with Gasteiger partial charge in [-0.2, -0.15) is 0 Å². The summed E-state index contributed by atoms with van der Waals surface area (Å²) in [5, 5.41) is 0.896. The van der Waals surface area contributed by atoms with Crippen LogP contribution in [0.25, 0.3) is 0 Å². The second-order valence-corrected chi connectivity index (χ2v) is 2.38. The Kier molecular flexibility index (Phi) is 20.2. The minimum absolute atomic E-state index is 0.896. The average molecular weight is 205 g/mol. The van der Waals surface area contributed by atoms with Gasteiger partial charge in [-0.15, -0.1) is 6.58 Å². The third-order valence-corrected chi connectivity index (χ3v) is 1.21. The third kappa shape index (κ3) is 24.6. The van der Waals surface area contributed by atoms with Gasteiger partial charge in [-0.3, -0.25) is 0 Å². The molecule has 0 aliphatic carbocycles. The largest absolute Gasteiger partial charge is 0.102 e. The molecule has 10 heavy (non-hydrogen) atoms. The van der Waals surface area contributed by atoms with Crippen molar-refractivity contribution in [1.29, 1.82) is 0 Å². The highest BCUT2D eigenvalue weighted by molar-refractivity contribution is 9.09. The molecule has 1 heteroatoms. The molecule has 0 rings (SSSR count). The molecule has 0 aromatic heterocycles. The molecule has 0 nitrogen and oxygen atoms in total. The highest BCUT2D eigenvalue weighted by Crippen LogP contribution is 1.81. The molecule has 0 unspecified atom stereocenters. The number of allylic oxidation sites excluding steroid dienone is 3. The molecule has 0 aromatic rings. The smallest absolute Gasteiger partial charge is 0.0209 e. The summed E-state index contributed by atoms with van der Waals surface area (Å²) in [6.07, 6.45) is 8.50. The first-order chi connectivity index (χ1) is 4.83. The summed E-state index contributed by atoms with van der Waals surface area (Å²) in [5.41, 5.74) is 0. The predicted molar refractivity (Wildman–Crippen MR) is 53.7 cm³/mol. The fourth-order valence-corrected chi connectivity index (χ4v) is 0.333. The molecule has 0 fully saturated rings. The standard InChI is InChI=1S/C6H12.C3H5Br/c1-3-5-6-4-2;1-2-3-4/h5-6H,3-4H2,1-2H3;2H,1,3H2/b6-5+;. The fourth-order valence-electron chi connectivity index (χ4n) is 0.333. The van der Waals surface area contributed by atoms with Crippen molar-refractivity contribution in [3.63, 3.8) is 0 Å². The van der Waals surface area contributed by atoms with Crippen LogP contribution in [0.5, 0.6) is 0 Å². The molecule has 0 saturated carbocycles. The second-order valence-electron chi connectivity index (χ2n) is 1.73. The van der Waals surface area contributed by atoms with Gasteiger partial charge < -0.3 is 0 Å². The van der Waals surface area contributed by atoms with Gasteiger partial charge in [0.25, 0.3) is 0 Å². The van der Waals surface area contributed by atoms with Crippen molar-refractivity contribution in [3.05, 3.63) is 24.8 Å². The maximum atomic E-state index is 3.43. The highest BCUT2D eigenvalue weighted by Gasteiger charge is 1.60. The van der Waals surface area contributed by atoms with E-state index in [1.54, 1.807) is 6.08 Å². The van der Waals surface area contributed by atoms with E-state index in [1.165, 1.54) is 12.8 Å². The Balaban J connectivity index is 0. The van der Waals surface area contributed by atoms with Crippen LogP contribution >= 0.6 is 15.9 Å². The molecule has 0 amide bonds. The van der Waals surface area contributed by atoms with E-state index in [4.69, 9.17) is 0 Å². The molecule has 0 spiro atoms. The van der Waals surface area contributed by atoms with Crippen molar-refractivity contribution < 1.29 is 0 Å². The van der Waals surface area contributed by atoms with E-state index in [2.05, 4.69) is 48.5 Å². The molecule has 0 atom stereocenters. The zero-order valence-corrected chi connectivity index (χ0v) is 8.52. The van der Waals surface area contributed by atoms with E-state index in [0.29, 0.717) is 0 Å². The lowest BCUT2D eigenvalue weighted by Gasteiger charge is -1.72. The molecule has 0 aliphatic heterocycles. The lowest BCUT2D eigenvalue weighted by atomic mass is 10.4. The quantitative estimate of drug-likeness (QED) is 0.483. The van der Waals surface area contributed by atoms with E-state index in [1.807, 2.05) is 0 Å². The maximum absolute atomic E-state index is 3.43. The molecule has 0 bridgehead atoms. The molecule has 0 heterocycles. The molecule has 0 aliphatic rings. The number of alkyl halides is 1. The van der Waals surface area contributed by atoms with E-state index in [9.17, 15) is 0 Å². The summed E-state index contributed by atoms with van der Waals surface area (Å²) in [6.45, 7) is 7.72. The van der Waals surface area contributed by atoms with Crippen molar-refractivity contribution in [1.82, 2.24) is 0 Å². The summed E-state index contributed by atoms with van der Waals surface area (Å²) in [6, 6.07) is 0. The van der Waals surface area contributed by atoms with Gasteiger partial charge in [-0.1, -0.05) is 48.0 Å². The molecular weight excluding hydrogens is 188 g/mol. The van der Waals surface area contributed by atoms with E-state index in [0.717, 1.165) is 5.33 Å². The summed E-state index contributed by atoms with van der Waals surface area (Å²) in [4.78, 5) is 0. The maximum Gasteiger partial charge on any atom is 0.0209 e. The van der Waals surface area contributed by atoms with Crippen molar-refractivity contribution in [2.75, 3.05) is 5.33 Å². The Morgan fingerprint density at radius 2 is 1.50 bits per heavy atom. The second kappa shape index (κ2) is 16.0. The zero-order chi connectivity index (χ0) is 8.24. The van der Waals surface area contributed by atoms with Gasteiger partial charge in [0.05, 0.1) is 0 Å². The summed E-state index contributed by atoms with van der Waals surface area (Å²) < 4.78 is 0. The topological polar surface area (TPSA) is 0 Å². The minimum Gasteiger partial charge on any atom is -0.102 e. The van der Waals surface area contributed by atoms with Crippen LogP contribution in [0, 0.1) is 0 Å². The van der Waals surface area contributed by atoms with Crippen LogP contribution in [-0.4, -0.2) is 5.33 Å². The van der Waals surface area contributed by atoms with Crippen LogP contribution in [0.2, 0.25) is 0 Å². The molecule has 0 N–H and O–H groups in total. The number of hydrogen-bond donors (Lipinski definition) is 0. The van der Waals surface area contributed by atoms with Crippen molar-refractivity contribution in [2.45, 2.75) is 26.7 Å². The predicted octanol–water partition coefficient (Wildman–Crippen LogP) is 3.93. The Morgan fingerprint density at radius 3 is 1.60 bits per heavy atom. The Morgan fingerprint density at radius 1 is 1.20 bits per heavy atom. The molecule has 0 aromatic carbocycles. The van der Waals surface area contributed by atoms with Gasteiger partial charge in [0.1, 0.15) is 0 Å². The summed E-state index contributed by atoms with van der Waals surface area (Å²) in [7, 11) is 0. The molecule has 60 valence electrons. The van der Waals surface area contributed by atoms with Gasteiger partial charge in [0, 0.05) is 5.33 Å². The van der Waals surface area contributed by atoms with Gasteiger partial charge in [-0.05, 0) is 12.8 Å². The average Bonchev–Trinajstić information content (AvgIpc) is 2.01. The van der Waals surface area contributed by atoms with Crippen molar-refractivity contribution in [2.24, 2.45) is 0 Å². The Bertz CT molecular complexity index is 68.8. The van der Waals surface area contributed by atoms with Crippen LogP contribution in [0.15, 0.2) is 24.8 Å². The summed E-state index contributed by atoms with van der Waals surface area (Å²) in [5.74, 6) is 0. The normalized spacial score (nSPS) is 8.70. The third-order valence-electron chi connectivity index (χ3n) is 0.747. The van der Waals surface area contributed by atoms with Gasteiger partial charge in [0.2, 0.25) is 0 Å². The van der Waals surface area contributed by atoms with Crippen LogP contribution in [0.4, 0.5) is 0 Å². The van der Waals surface area contributed by atoms with Crippen molar-refractivity contribution in [3.8, 4) is 0 Å². The number of halogens is 1. The van der Waals surface area contributed by atoms with E-state index >= 15 is 0 Å². The lowest BCUT2D eigenvalue weighted by Crippen LogP contribution is -1.51. The first kappa shape index (κ1) is 12.6. The van der Waals surface area contributed by atoms with E-state index in [-0.39, 0.29) is 0 Å². The number of hydrogen-bond acceptors (Lipinski definition) is 0. The molecular formula is C9H17Br. The minimum atomic E-state index is 0.896. The van der Waals surface area contributed by atoms with Crippen LogP contribution in [0.3, 0.4) is 0 Å². The first-order valence-electron chi connectivity index (χ1n) is 3.65. The van der Waals surface area contributed by atoms with Gasteiger partial charge in [0.15, 0.2) is 0 Å². The first-order valence-corrected chi connectivity index (χ1v) is 4.77. The SMILES string of the molecule is C=CCBr.CC/C=C/CC.